The van der Waals surface area contributed by atoms with Gasteiger partial charge < -0.3 is 4.90 Å². The van der Waals surface area contributed by atoms with E-state index in [9.17, 15) is 0 Å². The standard InChI is InChI=1S/C56H41NS/c1-55(2)45-25-12-13-26-46(45)56(47-27-14-16-31-52(47)58-54-44-24-10-9-22-41(44)34-37-49(54)56)48-28-17-30-51(53(48)55)57(42-35-32-39(33-36-42)38-18-5-3-6-19-38)50-29-15-11-23-43(50)40-20-7-4-8-21-40/h3-37H,1-2H3. The summed E-state index contributed by atoms with van der Waals surface area (Å²) in [5, 5.41) is 2.57. The van der Waals surface area contributed by atoms with Crippen molar-refractivity contribution < 1.29 is 0 Å². The van der Waals surface area contributed by atoms with Crippen LogP contribution in [0.4, 0.5) is 17.1 Å². The van der Waals surface area contributed by atoms with Crippen molar-refractivity contribution in [3.8, 4) is 22.3 Å². The number of hydrogen-bond acceptors (Lipinski definition) is 2. The molecule has 58 heavy (non-hydrogen) atoms. The van der Waals surface area contributed by atoms with Gasteiger partial charge in [-0.1, -0.05) is 208 Å². The lowest BCUT2D eigenvalue weighted by Crippen LogP contribution is -2.44. The van der Waals surface area contributed by atoms with Gasteiger partial charge in [-0.3, -0.25) is 0 Å². The largest absolute Gasteiger partial charge is 0.310 e. The molecule has 9 aromatic rings. The fourth-order valence-corrected chi connectivity index (χ4v) is 11.4. The van der Waals surface area contributed by atoms with Crippen LogP contribution < -0.4 is 4.90 Å². The summed E-state index contributed by atoms with van der Waals surface area (Å²) >= 11 is 1.92. The summed E-state index contributed by atoms with van der Waals surface area (Å²) in [5.74, 6) is 0. The van der Waals surface area contributed by atoms with Gasteiger partial charge in [-0.25, -0.2) is 0 Å². The van der Waals surface area contributed by atoms with Crippen LogP contribution in [0.25, 0.3) is 33.0 Å². The van der Waals surface area contributed by atoms with E-state index in [1.54, 1.807) is 0 Å². The number of nitrogens with zero attached hydrogens (tertiary/aromatic N) is 1. The summed E-state index contributed by atoms with van der Waals surface area (Å²) < 4.78 is 0. The lowest BCUT2D eigenvalue weighted by Gasteiger charge is -2.51. The number of anilines is 3. The summed E-state index contributed by atoms with van der Waals surface area (Å²) in [6.45, 7) is 4.87. The number of benzene rings is 9. The number of rotatable bonds is 5. The van der Waals surface area contributed by atoms with E-state index >= 15 is 0 Å². The Morgan fingerprint density at radius 1 is 0.397 bits per heavy atom. The Balaban J connectivity index is 1.25. The minimum Gasteiger partial charge on any atom is -0.310 e. The minimum absolute atomic E-state index is 0.353. The van der Waals surface area contributed by atoms with Crippen LogP contribution in [0.3, 0.4) is 0 Å². The van der Waals surface area contributed by atoms with E-state index < -0.39 is 5.41 Å². The van der Waals surface area contributed by atoms with Crippen molar-refractivity contribution in [1.29, 1.82) is 0 Å². The molecule has 1 heterocycles. The maximum atomic E-state index is 2.53. The molecule has 0 N–H and O–H groups in total. The van der Waals surface area contributed by atoms with Crippen molar-refractivity contribution in [2.75, 3.05) is 4.90 Å². The van der Waals surface area contributed by atoms with E-state index in [4.69, 9.17) is 0 Å². The summed E-state index contributed by atoms with van der Waals surface area (Å²) in [6.07, 6.45) is 0. The van der Waals surface area contributed by atoms with Crippen molar-refractivity contribution in [1.82, 2.24) is 0 Å². The Morgan fingerprint density at radius 2 is 0.983 bits per heavy atom. The average Bonchev–Trinajstić information content (AvgIpc) is 3.29. The molecule has 1 spiro atoms. The number of para-hydroxylation sites is 1. The minimum atomic E-state index is -0.555. The molecular formula is C56H41NS. The number of fused-ring (bicyclic) bond motifs is 10. The van der Waals surface area contributed by atoms with E-state index in [1.165, 1.54) is 81.9 Å². The highest BCUT2D eigenvalue weighted by atomic mass is 32.2. The van der Waals surface area contributed by atoms with Crippen LogP contribution in [-0.4, -0.2) is 0 Å². The summed E-state index contributed by atoms with van der Waals surface area (Å²) in [7, 11) is 0. The van der Waals surface area contributed by atoms with Gasteiger partial charge in [0.25, 0.3) is 0 Å². The van der Waals surface area contributed by atoms with Crippen LogP contribution in [0.5, 0.6) is 0 Å². The first-order valence-electron chi connectivity index (χ1n) is 20.2. The zero-order chi connectivity index (χ0) is 38.8. The van der Waals surface area contributed by atoms with Crippen LogP contribution in [0.1, 0.15) is 47.2 Å². The zero-order valence-corrected chi connectivity index (χ0v) is 33.4. The molecular weight excluding hydrogens is 719 g/mol. The van der Waals surface area contributed by atoms with Crippen LogP contribution in [-0.2, 0) is 10.8 Å². The summed E-state index contributed by atoms with van der Waals surface area (Å²) in [4.78, 5) is 5.18. The average molecular weight is 760 g/mol. The molecule has 9 aromatic carbocycles. The fraction of sp³-hybridized carbons (Fsp3) is 0.0714. The Kier molecular flexibility index (Phi) is 8.06. The molecule has 0 bridgehead atoms. The smallest absolute Gasteiger partial charge is 0.0730 e. The van der Waals surface area contributed by atoms with Gasteiger partial charge in [0.2, 0.25) is 0 Å². The normalized spacial score (nSPS) is 15.9. The number of hydrogen-bond donors (Lipinski definition) is 0. The summed E-state index contributed by atoms with van der Waals surface area (Å²) in [5.41, 5.74) is 15.4. The van der Waals surface area contributed by atoms with Crippen molar-refractivity contribution in [3.05, 3.63) is 246 Å². The Hall–Kier alpha value is -6.61. The molecule has 1 nitrogen and oxygen atoms in total. The van der Waals surface area contributed by atoms with Crippen LogP contribution in [0, 0.1) is 0 Å². The zero-order valence-electron chi connectivity index (χ0n) is 32.6. The highest BCUT2D eigenvalue weighted by Gasteiger charge is 2.53. The molecule has 0 fully saturated rings. The Labute approximate surface area is 345 Å². The molecule has 2 aliphatic rings. The van der Waals surface area contributed by atoms with Gasteiger partial charge in [0.15, 0.2) is 0 Å². The molecule has 11 rings (SSSR count). The predicted octanol–water partition coefficient (Wildman–Crippen LogP) is 15.1. The van der Waals surface area contributed by atoms with E-state index in [-0.39, 0.29) is 5.41 Å². The van der Waals surface area contributed by atoms with Gasteiger partial charge in [0.05, 0.1) is 16.8 Å². The van der Waals surface area contributed by atoms with Crippen molar-refractivity contribution >= 4 is 39.6 Å². The first-order chi connectivity index (χ1) is 28.5. The highest BCUT2D eigenvalue weighted by Crippen LogP contribution is 2.64. The second-order valence-corrected chi connectivity index (χ2v) is 17.1. The molecule has 1 aliphatic carbocycles. The van der Waals surface area contributed by atoms with Gasteiger partial charge in [-0.15, -0.1) is 0 Å². The van der Waals surface area contributed by atoms with Gasteiger partial charge in [-0.05, 0) is 91.2 Å². The van der Waals surface area contributed by atoms with E-state index in [0.29, 0.717) is 0 Å². The van der Waals surface area contributed by atoms with Crippen LogP contribution >= 0.6 is 11.8 Å². The SMILES string of the molecule is CC1(C)c2ccccc2C2(c3ccccc3Sc3c2ccc2ccccc32)c2cccc(N(c3ccc(-c4ccccc4)cc3)c3ccccc3-c3ccccc3)c21. The maximum Gasteiger partial charge on any atom is 0.0730 e. The molecule has 0 saturated heterocycles. The van der Waals surface area contributed by atoms with Gasteiger partial charge in [-0.2, -0.15) is 0 Å². The van der Waals surface area contributed by atoms with E-state index in [0.717, 1.165) is 11.4 Å². The summed E-state index contributed by atoms with van der Waals surface area (Å²) in [6, 6.07) is 78.7. The molecule has 0 aromatic heterocycles. The molecule has 0 amide bonds. The quantitative estimate of drug-likeness (QED) is 0.172. The molecule has 0 saturated carbocycles. The Morgan fingerprint density at radius 3 is 1.78 bits per heavy atom. The van der Waals surface area contributed by atoms with Gasteiger partial charge in [0, 0.05) is 26.5 Å². The second-order valence-electron chi connectivity index (χ2n) is 16.0. The van der Waals surface area contributed by atoms with E-state index in [1.807, 2.05) is 11.8 Å². The van der Waals surface area contributed by atoms with E-state index in [2.05, 4.69) is 231 Å². The van der Waals surface area contributed by atoms with Crippen molar-refractivity contribution in [2.24, 2.45) is 0 Å². The third-order valence-electron chi connectivity index (χ3n) is 12.6. The molecule has 276 valence electrons. The fourth-order valence-electron chi connectivity index (χ4n) is 10.1. The van der Waals surface area contributed by atoms with Crippen molar-refractivity contribution in [2.45, 2.75) is 34.5 Å². The topological polar surface area (TPSA) is 3.24 Å². The Bertz CT molecular complexity index is 3000. The van der Waals surface area contributed by atoms with Gasteiger partial charge >= 0.3 is 0 Å². The first-order valence-corrected chi connectivity index (χ1v) is 21.0. The molecule has 0 radical (unpaired) electrons. The second kappa shape index (κ2) is 13.5. The van der Waals surface area contributed by atoms with Crippen LogP contribution in [0.15, 0.2) is 222 Å². The van der Waals surface area contributed by atoms with Crippen molar-refractivity contribution in [3.63, 3.8) is 0 Å². The van der Waals surface area contributed by atoms with Crippen LogP contribution in [0.2, 0.25) is 0 Å². The highest BCUT2D eigenvalue weighted by molar-refractivity contribution is 7.99. The monoisotopic (exact) mass is 759 g/mol. The third-order valence-corrected chi connectivity index (χ3v) is 13.8. The third kappa shape index (κ3) is 5.11. The molecule has 2 heteroatoms. The lowest BCUT2D eigenvalue weighted by atomic mass is 9.53. The molecule has 1 aliphatic heterocycles. The molecule has 1 unspecified atom stereocenters. The lowest BCUT2D eigenvalue weighted by molar-refractivity contribution is 0.550. The maximum absolute atomic E-state index is 2.53. The van der Waals surface area contributed by atoms with Gasteiger partial charge in [0.1, 0.15) is 0 Å². The predicted molar refractivity (Wildman–Crippen MR) is 244 cm³/mol. The first kappa shape index (κ1) is 34.6. The molecule has 1 atom stereocenters.